The van der Waals surface area contributed by atoms with E-state index in [0.717, 1.165) is 24.8 Å². The summed E-state index contributed by atoms with van der Waals surface area (Å²) in [5.74, 6) is 1.14. The van der Waals surface area contributed by atoms with Crippen LogP contribution in [0, 0.1) is 13.8 Å². The molecule has 1 atom stereocenters. The summed E-state index contributed by atoms with van der Waals surface area (Å²) in [6.45, 7) is 5.21. The Kier molecular flexibility index (Phi) is 2.83. The average Bonchev–Trinajstić information content (AvgIpc) is 3.12. The Balaban J connectivity index is 1.99. The van der Waals surface area contributed by atoms with Crippen LogP contribution in [-0.2, 0) is 0 Å². The zero-order valence-corrected chi connectivity index (χ0v) is 10.8. The predicted molar refractivity (Wildman–Crippen MR) is 69.5 cm³/mol. The van der Waals surface area contributed by atoms with E-state index in [1.165, 1.54) is 36.0 Å². The number of rotatable bonds is 2. The van der Waals surface area contributed by atoms with Crippen LogP contribution in [0.25, 0.3) is 0 Å². The van der Waals surface area contributed by atoms with Gasteiger partial charge in [-0.25, -0.2) is 0 Å². The van der Waals surface area contributed by atoms with Crippen LogP contribution < -0.4 is 10.1 Å². The molecule has 1 aliphatic carbocycles. The van der Waals surface area contributed by atoms with Crippen LogP contribution in [0.3, 0.4) is 0 Å². The van der Waals surface area contributed by atoms with Crippen molar-refractivity contribution in [2.75, 3.05) is 6.61 Å². The molecule has 1 N–H and O–H groups in total. The highest BCUT2D eigenvalue weighted by Gasteiger charge is 2.29. The molecule has 1 aromatic carbocycles. The Morgan fingerprint density at radius 3 is 2.65 bits per heavy atom. The molecular weight excluding hydrogens is 210 g/mol. The Bertz CT molecular complexity index is 423. The number of benzene rings is 1. The molecule has 92 valence electrons. The van der Waals surface area contributed by atoms with E-state index in [-0.39, 0.29) is 0 Å². The first-order valence-electron chi connectivity index (χ1n) is 6.74. The van der Waals surface area contributed by atoms with E-state index in [2.05, 4.69) is 31.3 Å². The van der Waals surface area contributed by atoms with Crippen LogP contribution in [0.4, 0.5) is 0 Å². The van der Waals surface area contributed by atoms with Gasteiger partial charge in [0.25, 0.3) is 0 Å². The molecular formula is C15H21NO. The van der Waals surface area contributed by atoms with Crippen molar-refractivity contribution in [2.24, 2.45) is 0 Å². The number of aryl methyl sites for hydroxylation is 2. The maximum atomic E-state index is 5.95. The molecule has 2 heteroatoms. The summed E-state index contributed by atoms with van der Waals surface area (Å²) in [6.07, 6.45) is 5.04. The standard InChI is InChI=1S/C15H21NO/c1-10-5-6-11(2)15-14(10)13(4-3-9-17-15)16-12-7-8-12/h5-6,12-13,16H,3-4,7-9H2,1-2H3. The van der Waals surface area contributed by atoms with Crippen LogP contribution in [0.15, 0.2) is 12.1 Å². The van der Waals surface area contributed by atoms with Crippen LogP contribution in [0.5, 0.6) is 5.75 Å². The number of ether oxygens (including phenoxy) is 1. The van der Waals surface area contributed by atoms with Crippen molar-refractivity contribution >= 4 is 0 Å². The molecule has 0 bridgehead atoms. The molecule has 0 amide bonds. The SMILES string of the molecule is Cc1ccc(C)c2c1OCCCC2NC1CC1. The van der Waals surface area contributed by atoms with E-state index in [1.54, 1.807) is 0 Å². The van der Waals surface area contributed by atoms with E-state index in [4.69, 9.17) is 4.74 Å². The number of nitrogens with one attached hydrogen (secondary N) is 1. The van der Waals surface area contributed by atoms with Crippen molar-refractivity contribution in [1.29, 1.82) is 0 Å². The van der Waals surface area contributed by atoms with E-state index < -0.39 is 0 Å². The fourth-order valence-electron chi connectivity index (χ4n) is 2.74. The summed E-state index contributed by atoms with van der Waals surface area (Å²) < 4.78 is 5.95. The van der Waals surface area contributed by atoms with Gasteiger partial charge in [0.1, 0.15) is 5.75 Å². The molecule has 1 aliphatic heterocycles. The summed E-state index contributed by atoms with van der Waals surface area (Å²) in [7, 11) is 0. The third-order valence-corrected chi connectivity index (χ3v) is 3.86. The van der Waals surface area contributed by atoms with Gasteiger partial charge in [-0.2, -0.15) is 0 Å². The first-order chi connectivity index (χ1) is 8.25. The van der Waals surface area contributed by atoms with Crippen molar-refractivity contribution in [3.8, 4) is 5.75 Å². The number of hydrogen-bond donors (Lipinski definition) is 1. The predicted octanol–water partition coefficient (Wildman–Crippen LogP) is 3.27. The maximum absolute atomic E-state index is 5.95. The second kappa shape index (κ2) is 4.34. The molecule has 3 rings (SSSR count). The number of fused-ring (bicyclic) bond motifs is 1. The van der Waals surface area contributed by atoms with E-state index in [0.29, 0.717) is 6.04 Å². The van der Waals surface area contributed by atoms with Crippen molar-refractivity contribution in [1.82, 2.24) is 5.32 Å². The lowest BCUT2D eigenvalue weighted by atomic mass is 9.95. The van der Waals surface area contributed by atoms with Gasteiger partial charge in [0.05, 0.1) is 6.61 Å². The fourth-order valence-corrected chi connectivity index (χ4v) is 2.74. The normalized spacial score (nSPS) is 23.8. The monoisotopic (exact) mass is 231 g/mol. The first-order valence-corrected chi connectivity index (χ1v) is 6.74. The lowest BCUT2D eigenvalue weighted by Gasteiger charge is -2.21. The molecule has 0 saturated heterocycles. The largest absolute Gasteiger partial charge is 0.493 e. The Morgan fingerprint density at radius 2 is 1.88 bits per heavy atom. The van der Waals surface area contributed by atoms with Gasteiger partial charge in [0, 0.05) is 17.6 Å². The van der Waals surface area contributed by atoms with Gasteiger partial charge in [0.2, 0.25) is 0 Å². The minimum absolute atomic E-state index is 0.500. The Hall–Kier alpha value is -1.02. The maximum Gasteiger partial charge on any atom is 0.127 e. The molecule has 1 aromatic rings. The van der Waals surface area contributed by atoms with Gasteiger partial charge in [-0.15, -0.1) is 0 Å². The summed E-state index contributed by atoms with van der Waals surface area (Å²) in [4.78, 5) is 0. The summed E-state index contributed by atoms with van der Waals surface area (Å²) >= 11 is 0. The molecule has 1 heterocycles. The molecule has 2 aliphatic rings. The first kappa shape index (κ1) is 11.1. The number of hydrogen-bond acceptors (Lipinski definition) is 2. The summed E-state index contributed by atoms with van der Waals surface area (Å²) in [6, 6.07) is 5.66. The van der Waals surface area contributed by atoms with Gasteiger partial charge in [0.15, 0.2) is 0 Å². The quantitative estimate of drug-likeness (QED) is 0.843. The second-order valence-corrected chi connectivity index (χ2v) is 5.43. The average molecular weight is 231 g/mol. The minimum Gasteiger partial charge on any atom is -0.493 e. The molecule has 1 unspecified atom stereocenters. The van der Waals surface area contributed by atoms with Crippen LogP contribution in [-0.4, -0.2) is 12.6 Å². The third kappa shape index (κ3) is 2.19. The summed E-state index contributed by atoms with van der Waals surface area (Å²) in [5.41, 5.74) is 4.05. The molecule has 0 aromatic heterocycles. The van der Waals surface area contributed by atoms with Gasteiger partial charge < -0.3 is 10.1 Å². The summed E-state index contributed by atoms with van der Waals surface area (Å²) in [5, 5.41) is 3.78. The molecule has 0 spiro atoms. The van der Waals surface area contributed by atoms with Gasteiger partial charge >= 0.3 is 0 Å². The Morgan fingerprint density at radius 1 is 1.12 bits per heavy atom. The topological polar surface area (TPSA) is 21.3 Å². The van der Waals surface area contributed by atoms with Crippen molar-refractivity contribution < 1.29 is 4.74 Å². The van der Waals surface area contributed by atoms with E-state index >= 15 is 0 Å². The van der Waals surface area contributed by atoms with Crippen molar-refractivity contribution in [3.05, 3.63) is 28.8 Å². The highest BCUT2D eigenvalue weighted by Crippen LogP contribution is 2.38. The zero-order valence-electron chi connectivity index (χ0n) is 10.8. The smallest absolute Gasteiger partial charge is 0.127 e. The lowest BCUT2D eigenvalue weighted by Crippen LogP contribution is -2.23. The Labute approximate surface area is 103 Å². The lowest BCUT2D eigenvalue weighted by molar-refractivity contribution is 0.313. The highest BCUT2D eigenvalue weighted by molar-refractivity contribution is 5.48. The zero-order chi connectivity index (χ0) is 11.8. The second-order valence-electron chi connectivity index (χ2n) is 5.43. The van der Waals surface area contributed by atoms with E-state index in [9.17, 15) is 0 Å². The highest BCUT2D eigenvalue weighted by atomic mass is 16.5. The van der Waals surface area contributed by atoms with Crippen LogP contribution >= 0.6 is 0 Å². The van der Waals surface area contributed by atoms with Crippen LogP contribution in [0.1, 0.15) is 48.4 Å². The molecule has 2 nitrogen and oxygen atoms in total. The molecule has 1 fully saturated rings. The van der Waals surface area contributed by atoms with E-state index in [1.807, 2.05) is 0 Å². The molecule has 1 saturated carbocycles. The van der Waals surface area contributed by atoms with Crippen LogP contribution in [0.2, 0.25) is 0 Å². The van der Waals surface area contributed by atoms with Crippen molar-refractivity contribution in [2.45, 2.75) is 51.6 Å². The van der Waals surface area contributed by atoms with Gasteiger partial charge in [-0.1, -0.05) is 12.1 Å². The third-order valence-electron chi connectivity index (χ3n) is 3.86. The molecule has 17 heavy (non-hydrogen) atoms. The fraction of sp³-hybridized carbons (Fsp3) is 0.600. The van der Waals surface area contributed by atoms with Gasteiger partial charge in [-0.3, -0.25) is 0 Å². The molecule has 0 radical (unpaired) electrons. The minimum atomic E-state index is 0.500. The van der Waals surface area contributed by atoms with Gasteiger partial charge in [-0.05, 0) is 50.7 Å². The van der Waals surface area contributed by atoms with Crippen molar-refractivity contribution in [3.63, 3.8) is 0 Å².